The van der Waals surface area contributed by atoms with Crippen molar-refractivity contribution in [3.63, 3.8) is 0 Å². The van der Waals surface area contributed by atoms with Crippen LogP contribution in [-0.2, 0) is 18.4 Å². The Morgan fingerprint density at radius 1 is 1.09 bits per heavy atom. The summed E-state index contributed by atoms with van der Waals surface area (Å²) in [4.78, 5) is 38.2. The predicted octanol–water partition coefficient (Wildman–Crippen LogP) is 2.23. The Hall–Kier alpha value is -4.34. The molecule has 0 aliphatic heterocycles. The number of aliphatic carboxylic acids is 1. The lowest BCUT2D eigenvalue weighted by Gasteiger charge is -2.09. The van der Waals surface area contributed by atoms with Gasteiger partial charge in [0.05, 0.1) is 46.5 Å². The van der Waals surface area contributed by atoms with Gasteiger partial charge in [-0.05, 0) is 25.5 Å². The van der Waals surface area contributed by atoms with E-state index < -0.39 is 18.2 Å². The van der Waals surface area contributed by atoms with Crippen LogP contribution in [0.25, 0.3) is 39.0 Å². The number of carboxylic acids is 1. The number of pyridine rings is 1. The van der Waals surface area contributed by atoms with Crippen molar-refractivity contribution in [3.05, 3.63) is 64.7 Å². The van der Waals surface area contributed by atoms with Crippen LogP contribution >= 0.6 is 0 Å². The molecule has 0 unspecified atom stereocenters. The molecule has 10 nitrogen and oxygen atoms in total. The third-order valence-electron chi connectivity index (χ3n) is 5.53. The summed E-state index contributed by atoms with van der Waals surface area (Å²) < 4.78 is 4.41. The number of aryl methyl sites for hydroxylation is 3. The van der Waals surface area contributed by atoms with Crippen LogP contribution in [0.5, 0.6) is 0 Å². The number of para-hydroxylation sites is 1. The van der Waals surface area contributed by atoms with E-state index >= 15 is 0 Å². The molecule has 10 heteroatoms. The van der Waals surface area contributed by atoms with Crippen LogP contribution < -0.4 is 5.69 Å². The van der Waals surface area contributed by atoms with E-state index in [1.807, 2.05) is 20.0 Å². The zero-order valence-electron chi connectivity index (χ0n) is 17.6. The number of carboxylic acid groups (broad SMARTS) is 1. The van der Waals surface area contributed by atoms with Gasteiger partial charge in [-0.1, -0.05) is 12.1 Å². The molecule has 1 N–H and O–H groups in total. The Morgan fingerprint density at radius 2 is 1.91 bits per heavy atom. The van der Waals surface area contributed by atoms with E-state index in [1.165, 1.54) is 9.13 Å². The monoisotopic (exact) mass is 429 g/mol. The van der Waals surface area contributed by atoms with E-state index in [2.05, 4.69) is 15.1 Å². The summed E-state index contributed by atoms with van der Waals surface area (Å²) in [5, 5.41) is 14.5. The van der Waals surface area contributed by atoms with Gasteiger partial charge in [0, 0.05) is 24.2 Å². The van der Waals surface area contributed by atoms with Gasteiger partial charge in [-0.15, -0.1) is 0 Å². The number of fused-ring (bicyclic) bond motifs is 2. The Kier molecular flexibility index (Phi) is 4.36. The van der Waals surface area contributed by atoms with E-state index in [1.54, 1.807) is 48.5 Å². The molecule has 0 aliphatic rings. The minimum atomic E-state index is -1.09. The van der Waals surface area contributed by atoms with E-state index in [0.29, 0.717) is 28.2 Å². The highest BCUT2D eigenvalue weighted by atomic mass is 16.4. The third kappa shape index (κ3) is 2.88. The minimum Gasteiger partial charge on any atom is -0.480 e. The van der Waals surface area contributed by atoms with E-state index in [0.717, 1.165) is 22.0 Å². The second-order valence-corrected chi connectivity index (χ2v) is 7.59. The Morgan fingerprint density at radius 3 is 2.66 bits per heavy atom. The molecule has 0 spiro atoms. The normalized spacial score (nSPS) is 11.5. The number of aromatic nitrogens is 7. The molecule has 0 saturated heterocycles. The van der Waals surface area contributed by atoms with Crippen molar-refractivity contribution in [2.75, 3.05) is 0 Å². The average Bonchev–Trinajstić information content (AvgIpc) is 3.27. The van der Waals surface area contributed by atoms with Crippen molar-refractivity contribution < 1.29 is 9.90 Å². The molecule has 0 aliphatic carbocycles. The Labute approximate surface area is 181 Å². The summed E-state index contributed by atoms with van der Waals surface area (Å²) in [5.74, 6) is -0.739. The predicted molar refractivity (Wildman–Crippen MR) is 118 cm³/mol. The van der Waals surface area contributed by atoms with Gasteiger partial charge in [-0.25, -0.2) is 19.3 Å². The SMILES string of the molecule is Cc1nc(-c2cncc3c2cnn3C)cnc1-n1c(=O)n(CC(=O)O)c2cccc(C)c21. The molecule has 160 valence electrons. The number of nitrogens with zero attached hydrogens (tertiary/aromatic N) is 7. The van der Waals surface area contributed by atoms with E-state index in [9.17, 15) is 14.7 Å². The molecule has 1 aromatic carbocycles. The summed E-state index contributed by atoms with van der Waals surface area (Å²) in [6.45, 7) is 3.20. The molecule has 5 aromatic rings. The fourth-order valence-electron chi connectivity index (χ4n) is 4.04. The number of benzene rings is 1. The van der Waals surface area contributed by atoms with Crippen LogP contribution in [0.1, 0.15) is 11.3 Å². The minimum absolute atomic E-state index is 0.355. The van der Waals surface area contributed by atoms with Crippen molar-refractivity contribution >= 4 is 27.9 Å². The number of hydrogen-bond acceptors (Lipinski definition) is 6. The molecule has 4 heterocycles. The van der Waals surface area contributed by atoms with Gasteiger partial charge in [0.2, 0.25) is 0 Å². The molecular weight excluding hydrogens is 410 g/mol. The van der Waals surface area contributed by atoms with Crippen molar-refractivity contribution in [2.24, 2.45) is 7.05 Å². The van der Waals surface area contributed by atoms with E-state index in [4.69, 9.17) is 4.98 Å². The van der Waals surface area contributed by atoms with Crippen LogP contribution in [0.15, 0.2) is 47.8 Å². The van der Waals surface area contributed by atoms with Crippen molar-refractivity contribution in [1.82, 2.24) is 33.9 Å². The summed E-state index contributed by atoms with van der Waals surface area (Å²) >= 11 is 0. The first kappa shape index (κ1) is 19.6. The number of imidazole rings is 1. The number of hydrogen-bond donors (Lipinski definition) is 1. The molecule has 0 atom stereocenters. The van der Waals surface area contributed by atoms with Gasteiger partial charge in [0.1, 0.15) is 6.54 Å². The van der Waals surface area contributed by atoms with Gasteiger partial charge in [0.25, 0.3) is 0 Å². The van der Waals surface area contributed by atoms with Crippen LogP contribution in [0, 0.1) is 13.8 Å². The van der Waals surface area contributed by atoms with Gasteiger partial charge in [-0.2, -0.15) is 5.10 Å². The lowest BCUT2D eigenvalue weighted by molar-refractivity contribution is -0.137. The highest BCUT2D eigenvalue weighted by Gasteiger charge is 2.21. The Balaban J connectivity index is 1.73. The smallest absolute Gasteiger partial charge is 0.335 e. The first-order valence-electron chi connectivity index (χ1n) is 9.89. The van der Waals surface area contributed by atoms with Crippen LogP contribution in [0.4, 0.5) is 0 Å². The second-order valence-electron chi connectivity index (χ2n) is 7.59. The summed E-state index contributed by atoms with van der Waals surface area (Å²) in [6.07, 6.45) is 6.80. The molecule has 32 heavy (non-hydrogen) atoms. The maximum Gasteiger partial charge on any atom is 0.335 e. The van der Waals surface area contributed by atoms with Crippen LogP contribution in [0.2, 0.25) is 0 Å². The molecular formula is C22H19N7O3. The van der Waals surface area contributed by atoms with E-state index in [-0.39, 0.29) is 0 Å². The first-order chi connectivity index (χ1) is 15.4. The zero-order valence-corrected chi connectivity index (χ0v) is 17.6. The fourth-order valence-corrected chi connectivity index (χ4v) is 4.04. The number of carbonyl (C=O) groups is 1. The maximum absolute atomic E-state index is 13.2. The topological polar surface area (TPSA) is 121 Å². The van der Waals surface area contributed by atoms with Crippen molar-refractivity contribution in [2.45, 2.75) is 20.4 Å². The molecule has 0 amide bonds. The van der Waals surface area contributed by atoms with Crippen molar-refractivity contribution in [1.29, 1.82) is 0 Å². The van der Waals surface area contributed by atoms with Crippen LogP contribution in [0.3, 0.4) is 0 Å². The molecule has 5 rings (SSSR count). The van der Waals surface area contributed by atoms with Gasteiger partial charge in [0.15, 0.2) is 5.82 Å². The third-order valence-corrected chi connectivity index (χ3v) is 5.53. The molecule has 0 saturated carbocycles. The summed E-state index contributed by atoms with van der Waals surface area (Å²) in [7, 11) is 1.84. The van der Waals surface area contributed by atoms with Gasteiger partial charge < -0.3 is 5.11 Å². The summed E-state index contributed by atoms with van der Waals surface area (Å²) in [6, 6.07) is 5.40. The maximum atomic E-state index is 13.2. The average molecular weight is 429 g/mol. The van der Waals surface area contributed by atoms with Crippen LogP contribution in [-0.4, -0.2) is 44.9 Å². The Bertz CT molecular complexity index is 1590. The molecule has 0 fully saturated rings. The first-order valence-corrected chi connectivity index (χ1v) is 9.89. The fraction of sp³-hybridized carbons (Fsp3) is 0.182. The highest BCUT2D eigenvalue weighted by molar-refractivity contribution is 5.92. The standard InChI is InChI=1S/C22H19N7O3/c1-12-5-4-6-17-20(12)29(22(32)28(17)11-19(30)31)21-13(2)26-16(9-24-21)14-7-23-10-18-15(14)8-25-27(18)3/h4-10H,11H2,1-3H3,(H,30,31). The second kappa shape index (κ2) is 7.12. The van der Waals surface area contributed by atoms with Crippen molar-refractivity contribution in [3.8, 4) is 17.1 Å². The quantitative estimate of drug-likeness (QED) is 0.465. The number of rotatable bonds is 4. The van der Waals surface area contributed by atoms with Gasteiger partial charge >= 0.3 is 11.7 Å². The molecule has 4 aromatic heterocycles. The highest BCUT2D eigenvalue weighted by Crippen LogP contribution is 2.27. The summed E-state index contributed by atoms with van der Waals surface area (Å²) in [5.41, 5.74) is 4.30. The van der Waals surface area contributed by atoms with Gasteiger partial charge in [-0.3, -0.25) is 19.0 Å². The lowest BCUT2D eigenvalue weighted by atomic mass is 10.1. The zero-order chi connectivity index (χ0) is 22.6. The molecule has 0 radical (unpaired) electrons. The lowest BCUT2D eigenvalue weighted by Crippen LogP contribution is -2.27. The largest absolute Gasteiger partial charge is 0.480 e. The molecule has 0 bridgehead atoms.